The van der Waals surface area contributed by atoms with Crippen molar-refractivity contribution in [2.75, 3.05) is 20.8 Å². The third-order valence-electron chi connectivity index (χ3n) is 3.65. The van der Waals surface area contributed by atoms with E-state index in [4.69, 9.17) is 9.47 Å². The van der Waals surface area contributed by atoms with Gasteiger partial charge in [-0.2, -0.15) is 0 Å². The van der Waals surface area contributed by atoms with Gasteiger partial charge in [0.25, 0.3) is 0 Å². The lowest BCUT2D eigenvalue weighted by Crippen LogP contribution is -2.25. The molecule has 1 aromatic carbocycles. The van der Waals surface area contributed by atoms with Gasteiger partial charge in [0.1, 0.15) is 0 Å². The van der Waals surface area contributed by atoms with Crippen LogP contribution in [0.1, 0.15) is 39.2 Å². The Morgan fingerprint density at radius 2 is 1.67 bits per heavy atom. The summed E-state index contributed by atoms with van der Waals surface area (Å²) in [5.74, 6) is 2.27. The summed E-state index contributed by atoms with van der Waals surface area (Å²) in [4.78, 5) is 0. The van der Waals surface area contributed by atoms with Crippen LogP contribution < -0.4 is 14.8 Å². The fourth-order valence-corrected chi connectivity index (χ4v) is 2.77. The Labute approximate surface area is 137 Å². The first-order valence-electron chi connectivity index (χ1n) is 7.61. The third kappa shape index (κ3) is 6.27. The lowest BCUT2D eigenvalue weighted by Gasteiger charge is -2.15. The Morgan fingerprint density at radius 1 is 1.05 bits per heavy atom. The normalized spacial score (nSPS) is 12.5. The van der Waals surface area contributed by atoms with E-state index in [-0.39, 0.29) is 0 Å². The zero-order valence-corrected chi connectivity index (χ0v) is 15.4. The quantitative estimate of drug-likeness (QED) is 0.709. The van der Waals surface area contributed by atoms with Crippen LogP contribution in [-0.4, -0.2) is 26.8 Å². The van der Waals surface area contributed by atoms with E-state index in [1.54, 1.807) is 14.2 Å². The van der Waals surface area contributed by atoms with Crippen LogP contribution in [-0.2, 0) is 6.42 Å². The van der Waals surface area contributed by atoms with Gasteiger partial charge in [0.15, 0.2) is 11.5 Å². The number of halogens is 1. The van der Waals surface area contributed by atoms with Crippen molar-refractivity contribution in [2.45, 2.75) is 46.1 Å². The van der Waals surface area contributed by atoms with Crippen LogP contribution in [0.4, 0.5) is 0 Å². The number of methoxy groups -OCH3 is 2. The highest BCUT2D eigenvalue weighted by Gasteiger charge is 2.11. The zero-order valence-electron chi connectivity index (χ0n) is 13.8. The highest BCUT2D eigenvalue weighted by molar-refractivity contribution is 9.10. The Morgan fingerprint density at radius 3 is 2.24 bits per heavy atom. The van der Waals surface area contributed by atoms with E-state index in [0.29, 0.717) is 12.0 Å². The Bertz CT molecular complexity index is 435. The lowest BCUT2D eigenvalue weighted by atomic mass is 9.98. The second-order valence-corrected chi connectivity index (χ2v) is 6.69. The first-order chi connectivity index (χ1) is 9.97. The summed E-state index contributed by atoms with van der Waals surface area (Å²) >= 11 is 3.63. The Hall–Kier alpha value is -0.740. The van der Waals surface area contributed by atoms with Gasteiger partial charge in [0, 0.05) is 10.5 Å². The molecule has 1 atom stereocenters. The molecule has 21 heavy (non-hydrogen) atoms. The van der Waals surface area contributed by atoms with Gasteiger partial charge in [0.05, 0.1) is 14.2 Å². The summed E-state index contributed by atoms with van der Waals surface area (Å²) in [6.45, 7) is 7.78. The molecule has 1 unspecified atom stereocenters. The topological polar surface area (TPSA) is 30.5 Å². The minimum atomic E-state index is 0.567. The molecule has 4 heteroatoms. The van der Waals surface area contributed by atoms with Gasteiger partial charge >= 0.3 is 0 Å². The highest BCUT2D eigenvalue weighted by Crippen LogP contribution is 2.34. The fourth-order valence-electron chi connectivity index (χ4n) is 2.25. The first-order valence-corrected chi connectivity index (χ1v) is 8.41. The summed E-state index contributed by atoms with van der Waals surface area (Å²) in [7, 11) is 3.34. The predicted octanol–water partition coefficient (Wildman–Crippen LogP) is 4.42. The SMILES string of the molecule is COc1cc(Br)c(CCC(C)CCNC(C)C)cc1OC. The highest BCUT2D eigenvalue weighted by atomic mass is 79.9. The second-order valence-electron chi connectivity index (χ2n) is 5.84. The summed E-state index contributed by atoms with van der Waals surface area (Å²) in [6, 6.07) is 4.62. The van der Waals surface area contributed by atoms with Crippen molar-refractivity contribution in [2.24, 2.45) is 5.92 Å². The molecule has 1 aromatic rings. The van der Waals surface area contributed by atoms with E-state index in [9.17, 15) is 0 Å². The van der Waals surface area contributed by atoms with Crippen molar-refractivity contribution in [1.82, 2.24) is 5.32 Å². The molecule has 0 aliphatic rings. The Kier molecular flexibility index (Phi) is 8.12. The number of ether oxygens (including phenoxy) is 2. The molecule has 0 saturated heterocycles. The van der Waals surface area contributed by atoms with Gasteiger partial charge in [0.2, 0.25) is 0 Å². The maximum atomic E-state index is 5.37. The molecule has 0 aliphatic carbocycles. The monoisotopic (exact) mass is 357 g/mol. The molecule has 0 saturated carbocycles. The summed E-state index contributed by atoms with van der Waals surface area (Å²) < 4.78 is 11.8. The third-order valence-corrected chi connectivity index (χ3v) is 4.39. The first kappa shape index (κ1) is 18.3. The number of nitrogens with one attached hydrogen (secondary N) is 1. The minimum Gasteiger partial charge on any atom is -0.493 e. The second kappa shape index (κ2) is 9.31. The molecule has 0 spiro atoms. The largest absolute Gasteiger partial charge is 0.493 e. The molecular weight excluding hydrogens is 330 g/mol. The molecule has 0 bridgehead atoms. The fraction of sp³-hybridized carbons (Fsp3) is 0.647. The molecule has 0 heterocycles. The molecule has 0 radical (unpaired) electrons. The predicted molar refractivity (Wildman–Crippen MR) is 92.5 cm³/mol. The number of hydrogen-bond donors (Lipinski definition) is 1. The molecule has 1 rings (SSSR count). The Balaban J connectivity index is 2.54. The van der Waals surface area contributed by atoms with E-state index in [0.717, 1.165) is 28.9 Å². The van der Waals surface area contributed by atoms with Crippen molar-refractivity contribution < 1.29 is 9.47 Å². The number of aryl methyl sites for hydroxylation is 1. The van der Waals surface area contributed by atoms with Crippen molar-refractivity contribution in [1.29, 1.82) is 0 Å². The van der Waals surface area contributed by atoms with Crippen LogP contribution in [0.3, 0.4) is 0 Å². The van der Waals surface area contributed by atoms with Crippen LogP contribution in [0.2, 0.25) is 0 Å². The van der Waals surface area contributed by atoms with Gasteiger partial charge < -0.3 is 14.8 Å². The van der Waals surface area contributed by atoms with Crippen molar-refractivity contribution >= 4 is 15.9 Å². The molecule has 3 nitrogen and oxygen atoms in total. The zero-order chi connectivity index (χ0) is 15.8. The van der Waals surface area contributed by atoms with Crippen LogP contribution in [0.15, 0.2) is 16.6 Å². The van der Waals surface area contributed by atoms with E-state index in [2.05, 4.69) is 48.1 Å². The van der Waals surface area contributed by atoms with Gasteiger partial charge in [-0.15, -0.1) is 0 Å². The smallest absolute Gasteiger partial charge is 0.161 e. The molecule has 0 aromatic heterocycles. The van der Waals surface area contributed by atoms with E-state index in [1.165, 1.54) is 18.4 Å². The summed E-state index contributed by atoms with van der Waals surface area (Å²) in [5, 5.41) is 3.47. The van der Waals surface area contributed by atoms with Crippen LogP contribution in [0.5, 0.6) is 11.5 Å². The number of hydrogen-bond acceptors (Lipinski definition) is 3. The van der Waals surface area contributed by atoms with Crippen molar-refractivity contribution in [3.63, 3.8) is 0 Å². The van der Waals surface area contributed by atoms with Crippen LogP contribution in [0, 0.1) is 5.92 Å². The average Bonchev–Trinajstić information content (AvgIpc) is 2.45. The standard InChI is InChI=1S/C17H28BrNO2/c1-12(2)19-9-8-13(3)6-7-14-10-16(20-4)17(21-5)11-15(14)18/h10-13,19H,6-9H2,1-5H3. The van der Waals surface area contributed by atoms with Gasteiger partial charge in [-0.1, -0.05) is 36.7 Å². The van der Waals surface area contributed by atoms with E-state index < -0.39 is 0 Å². The van der Waals surface area contributed by atoms with Crippen molar-refractivity contribution in [3.8, 4) is 11.5 Å². The van der Waals surface area contributed by atoms with Crippen molar-refractivity contribution in [3.05, 3.63) is 22.2 Å². The maximum absolute atomic E-state index is 5.37. The molecule has 1 N–H and O–H groups in total. The molecule has 0 fully saturated rings. The number of benzene rings is 1. The molecular formula is C17H28BrNO2. The summed E-state index contributed by atoms with van der Waals surface area (Å²) in [5.41, 5.74) is 1.27. The average molecular weight is 358 g/mol. The molecule has 120 valence electrons. The van der Waals surface area contributed by atoms with Gasteiger partial charge in [-0.25, -0.2) is 0 Å². The van der Waals surface area contributed by atoms with Gasteiger partial charge in [-0.3, -0.25) is 0 Å². The van der Waals surface area contributed by atoms with Gasteiger partial charge in [-0.05, 0) is 49.4 Å². The molecule has 0 amide bonds. The van der Waals surface area contributed by atoms with Crippen LogP contribution in [0.25, 0.3) is 0 Å². The molecule has 0 aliphatic heterocycles. The summed E-state index contributed by atoms with van der Waals surface area (Å²) in [6.07, 6.45) is 3.43. The number of rotatable bonds is 9. The van der Waals surface area contributed by atoms with Crippen LogP contribution >= 0.6 is 15.9 Å². The minimum absolute atomic E-state index is 0.567. The maximum Gasteiger partial charge on any atom is 0.161 e. The van der Waals surface area contributed by atoms with E-state index in [1.807, 2.05) is 6.07 Å². The van der Waals surface area contributed by atoms with E-state index >= 15 is 0 Å². The lowest BCUT2D eigenvalue weighted by molar-refractivity contribution is 0.354.